The van der Waals surface area contributed by atoms with Crippen LogP contribution in [-0.2, 0) is 0 Å². The summed E-state index contributed by atoms with van der Waals surface area (Å²) < 4.78 is 0. The average molecular weight is 219 g/mol. The molecule has 1 heterocycles. The topological polar surface area (TPSA) is 99.2 Å². The zero-order valence-corrected chi connectivity index (χ0v) is 7.86. The Bertz CT molecular complexity index is 543. The lowest BCUT2D eigenvalue weighted by molar-refractivity contribution is -0.384. The van der Waals surface area contributed by atoms with Crippen molar-refractivity contribution in [3.63, 3.8) is 0 Å². The maximum Gasteiger partial charge on any atom is 0.295 e. The number of nitrogens with zero attached hydrogens (tertiary/aromatic N) is 3. The van der Waals surface area contributed by atoms with Gasteiger partial charge in [-0.05, 0) is 6.07 Å². The Morgan fingerprint density at radius 2 is 1.69 bits per heavy atom. The molecule has 7 nitrogen and oxygen atoms in total. The molecule has 0 spiro atoms. The fourth-order valence-corrected chi connectivity index (χ4v) is 1.45. The van der Waals surface area contributed by atoms with Gasteiger partial charge in [0.2, 0.25) is 0 Å². The first-order valence-electron chi connectivity index (χ1n) is 4.28. The van der Waals surface area contributed by atoms with Gasteiger partial charge in [-0.1, -0.05) is 6.07 Å². The van der Waals surface area contributed by atoms with E-state index in [0.29, 0.717) is 0 Å². The molecule has 1 aromatic heterocycles. The largest absolute Gasteiger partial charge is 0.295 e. The van der Waals surface area contributed by atoms with Crippen LogP contribution in [0.2, 0.25) is 0 Å². The molecule has 0 unspecified atom stereocenters. The lowest BCUT2D eigenvalue weighted by atomic mass is 10.1. The van der Waals surface area contributed by atoms with Crippen LogP contribution in [0.4, 0.5) is 11.4 Å². The van der Waals surface area contributed by atoms with Crippen molar-refractivity contribution in [2.24, 2.45) is 0 Å². The van der Waals surface area contributed by atoms with Crippen LogP contribution in [0.3, 0.4) is 0 Å². The van der Waals surface area contributed by atoms with E-state index in [1.165, 1.54) is 30.5 Å². The van der Waals surface area contributed by atoms with Gasteiger partial charge in [0.25, 0.3) is 11.4 Å². The summed E-state index contributed by atoms with van der Waals surface area (Å²) in [6, 6.07) is 5.31. The maximum absolute atomic E-state index is 10.7. The number of nitro groups is 2. The van der Waals surface area contributed by atoms with Crippen molar-refractivity contribution in [1.82, 2.24) is 4.98 Å². The zero-order chi connectivity index (χ0) is 11.7. The molecule has 0 N–H and O–H groups in total. The molecule has 0 saturated carbocycles. The van der Waals surface area contributed by atoms with E-state index >= 15 is 0 Å². The molecule has 16 heavy (non-hydrogen) atoms. The molecular formula is C9H5N3O4. The van der Waals surface area contributed by atoms with E-state index in [-0.39, 0.29) is 22.3 Å². The third-order valence-electron chi connectivity index (χ3n) is 2.12. The standard InChI is InChI=1S/C9H5N3O4/c13-11(14)7-4-5-10-9-6(7)2-1-3-8(9)12(15)16/h1-5H. The first-order valence-corrected chi connectivity index (χ1v) is 4.28. The van der Waals surface area contributed by atoms with E-state index in [0.717, 1.165) is 0 Å². The minimum absolute atomic E-state index is 0.0294. The molecule has 0 atom stereocenters. The summed E-state index contributed by atoms with van der Waals surface area (Å²) in [5, 5.41) is 21.6. The van der Waals surface area contributed by atoms with Gasteiger partial charge in [-0.3, -0.25) is 20.2 Å². The van der Waals surface area contributed by atoms with Gasteiger partial charge >= 0.3 is 0 Å². The number of rotatable bonds is 2. The van der Waals surface area contributed by atoms with Crippen molar-refractivity contribution in [1.29, 1.82) is 0 Å². The molecule has 7 heteroatoms. The number of nitro benzene ring substituents is 1. The molecule has 0 radical (unpaired) electrons. The lowest BCUT2D eigenvalue weighted by Gasteiger charge is -1.98. The highest BCUT2D eigenvalue weighted by Gasteiger charge is 2.18. The van der Waals surface area contributed by atoms with Gasteiger partial charge in [0.15, 0.2) is 5.52 Å². The van der Waals surface area contributed by atoms with Crippen LogP contribution >= 0.6 is 0 Å². The number of hydrogen-bond acceptors (Lipinski definition) is 5. The first-order chi connectivity index (χ1) is 7.61. The third-order valence-corrected chi connectivity index (χ3v) is 2.12. The van der Waals surface area contributed by atoms with Gasteiger partial charge in [-0.15, -0.1) is 0 Å². The predicted octanol–water partition coefficient (Wildman–Crippen LogP) is 2.05. The van der Waals surface area contributed by atoms with E-state index in [9.17, 15) is 20.2 Å². The molecule has 0 bridgehead atoms. The summed E-state index contributed by atoms with van der Waals surface area (Å²) in [6.45, 7) is 0. The number of pyridine rings is 1. The van der Waals surface area contributed by atoms with Crippen LogP contribution in [0.5, 0.6) is 0 Å². The van der Waals surface area contributed by atoms with Crippen LogP contribution in [0, 0.1) is 20.2 Å². The van der Waals surface area contributed by atoms with Gasteiger partial charge in [-0.25, -0.2) is 4.98 Å². The number of hydrogen-bond donors (Lipinski definition) is 0. The van der Waals surface area contributed by atoms with Crippen molar-refractivity contribution < 1.29 is 9.85 Å². The van der Waals surface area contributed by atoms with Gasteiger partial charge in [0.1, 0.15) is 0 Å². The number of fused-ring (bicyclic) bond motifs is 1. The van der Waals surface area contributed by atoms with Crippen molar-refractivity contribution in [2.45, 2.75) is 0 Å². The van der Waals surface area contributed by atoms with E-state index in [4.69, 9.17) is 0 Å². The lowest BCUT2D eigenvalue weighted by Crippen LogP contribution is -1.94. The van der Waals surface area contributed by atoms with Crippen molar-refractivity contribution in [3.05, 3.63) is 50.7 Å². The zero-order valence-electron chi connectivity index (χ0n) is 7.86. The Balaban J connectivity index is 2.86. The SMILES string of the molecule is O=[N+]([O-])c1ccnc2c([N+](=O)[O-])cccc12. The Hall–Kier alpha value is -2.57. The number of benzene rings is 1. The number of aromatic nitrogens is 1. The highest BCUT2D eigenvalue weighted by atomic mass is 16.6. The Morgan fingerprint density at radius 1 is 1.00 bits per heavy atom. The smallest absolute Gasteiger partial charge is 0.258 e. The van der Waals surface area contributed by atoms with Gasteiger partial charge in [-0.2, -0.15) is 0 Å². The highest BCUT2D eigenvalue weighted by Crippen LogP contribution is 2.29. The molecule has 80 valence electrons. The third kappa shape index (κ3) is 1.44. The van der Waals surface area contributed by atoms with Crippen molar-refractivity contribution in [2.75, 3.05) is 0 Å². The average Bonchev–Trinajstić information content (AvgIpc) is 2.27. The van der Waals surface area contributed by atoms with Gasteiger partial charge < -0.3 is 0 Å². The van der Waals surface area contributed by atoms with Crippen LogP contribution in [0.15, 0.2) is 30.5 Å². The van der Waals surface area contributed by atoms with Crippen LogP contribution in [0.25, 0.3) is 10.9 Å². The van der Waals surface area contributed by atoms with Gasteiger partial charge in [0, 0.05) is 18.3 Å². The molecular weight excluding hydrogens is 214 g/mol. The van der Waals surface area contributed by atoms with Crippen molar-refractivity contribution in [3.8, 4) is 0 Å². The van der Waals surface area contributed by atoms with E-state index in [2.05, 4.69) is 4.98 Å². The summed E-state index contributed by atoms with van der Waals surface area (Å²) in [4.78, 5) is 24.0. The van der Waals surface area contributed by atoms with E-state index in [1.54, 1.807) is 0 Å². The van der Waals surface area contributed by atoms with E-state index < -0.39 is 9.85 Å². The predicted molar refractivity (Wildman–Crippen MR) is 55.1 cm³/mol. The second-order valence-electron chi connectivity index (χ2n) is 3.02. The first kappa shape index (κ1) is 9.97. The summed E-state index contributed by atoms with van der Waals surface area (Å²) in [5.41, 5.74) is -0.392. The fraction of sp³-hybridized carbons (Fsp3) is 0. The monoisotopic (exact) mass is 219 g/mol. The summed E-state index contributed by atoms with van der Waals surface area (Å²) in [7, 11) is 0. The fourth-order valence-electron chi connectivity index (χ4n) is 1.45. The Morgan fingerprint density at radius 3 is 2.31 bits per heavy atom. The molecule has 0 fully saturated rings. The molecule has 2 rings (SSSR count). The number of para-hydroxylation sites is 1. The molecule has 1 aromatic carbocycles. The Labute approximate surface area is 88.6 Å². The number of non-ortho nitro benzene ring substituents is 1. The molecule has 0 aliphatic heterocycles. The second-order valence-corrected chi connectivity index (χ2v) is 3.02. The minimum atomic E-state index is -0.612. The summed E-state index contributed by atoms with van der Waals surface area (Å²) in [5.74, 6) is 0. The van der Waals surface area contributed by atoms with Crippen LogP contribution in [0.1, 0.15) is 0 Å². The maximum atomic E-state index is 10.7. The normalized spacial score (nSPS) is 10.2. The van der Waals surface area contributed by atoms with Crippen LogP contribution < -0.4 is 0 Å². The van der Waals surface area contributed by atoms with Gasteiger partial charge in [0.05, 0.1) is 15.2 Å². The molecule has 0 aliphatic carbocycles. The quantitative estimate of drug-likeness (QED) is 0.568. The van der Waals surface area contributed by atoms with Crippen molar-refractivity contribution >= 4 is 22.3 Å². The summed E-state index contributed by atoms with van der Waals surface area (Å²) in [6.07, 6.45) is 1.19. The molecule has 0 saturated heterocycles. The second kappa shape index (κ2) is 3.54. The van der Waals surface area contributed by atoms with E-state index in [1.807, 2.05) is 0 Å². The van der Waals surface area contributed by atoms with Crippen LogP contribution in [-0.4, -0.2) is 14.8 Å². The molecule has 0 aliphatic rings. The molecule has 0 amide bonds. The highest BCUT2D eigenvalue weighted by molar-refractivity contribution is 5.93. The molecule has 2 aromatic rings. The Kier molecular flexibility index (Phi) is 2.20. The minimum Gasteiger partial charge on any atom is -0.258 e. The summed E-state index contributed by atoms with van der Waals surface area (Å²) >= 11 is 0.